The fraction of sp³-hybridized carbons (Fsp3) is 0.400. The predicted molar refractivity (Wildman–Crippen MR) is 77.3 cm³/mol. The van der Waals surface area contributed by atoms with Crippen LogP contribution < -0.4 is 14.2 Å². The number of methoxy groups -OCH3 is 3. The predicted octanol–water partition coefficient (Wildman–Crippen LogP) is 2.20. The summed E-state index contributed by atoms with van der Waals surface area (Å²) in [5.41, 5.74) is 1.01. The molecular formula is C15H20O6. The van der Waals surface area contributed by atoms with Gasteiger partial charge in [0, 0.05) is 25.8 Å². The van der Waals surface area contributed by atoms with Gasteiger partial charge in [0.2, 0.25) is 0 Å². The minimum atomic E-state index is 0.00845. The first-order valence-electron chi connectivity index (χ1n) is 6.26. The Morgan fingerprint density at radius 3 is 2.19 bits per heavy atom. The van der Waals surface area contributed by atoms with Gasteiger partial charge in [-0.3, -0.25) is 4.79 Å². The molecule has 0 bridgehead atoms. The highest BCUT2D eigenvalue weighted by Gasteiger charge is 2.20. The SMILES string of the molecule is C=CCc1c(OCOC)cc(OCOC)c(C=O)c1OC. The average Bonchev–Trinajstić information content (AvgIpc) is 2.51. The van der Waals surface area contributed by atoms with E-state index in [-0.39, 0.29) is 13.6 Å². The second-order valence-corrected chi connectivity index (χ2v) is 4.01. The van der Waals surface area contributed by atoms with E-state index in [2.05, 4.69) is 6.58 Å². The average molecular weight is 296 g/mol. The number of carbonyl (C=O) groups excluding carboxylic acids is 1. The maximum atomic E-state index is 11.4. The molecule has 0 N–H and O–H groups in total. The molecule has 0 saturated carbocycles. The summed E-state index contributed by atoms with van der Waals surface area (Å²) in [6, 6.07) is 1.61. The molecule has 6 nitrogen and oxygen atoms in total. The summed E-state index contributed by atoms with van der Waals surface area (Å²) >= 11 is 0. The van der Waals surface area contributed by atoms with E-state index in [1.165, 1.54) is 21.3 Å². The second kappa shape index (κ2) is 8.99. The monoisotopic (exact) mass is 296 g/mol. The lowest BCUT2D eigenvalue weighted by molar-refractivity contribution is 0.0450. The van der Waals surface area contributed by atoms with Crippen LogP contribution in [0.2, 0.25) is 0 Å². The number of allylic oxidation sites excluding steroid dienone is 1. The van der Waals surface area contributed by atoms with E-state index in [9.17, 15) is 4.79 Å². The zero-order chi connectivity index (χ0) is 15.7. The molecule has 0 unspecified atom stereocenters. The van der Waals surface area contributed by atoms with E-state index >= 15 is 0 Å². The lowest BCUT2D eigenvalue weighted by Gasteiger charge is -2.18. The lowest BCUT2D eigenvalue weighted by Crippen LogP contribution is -2.08. The molecule has 0 spiro atoms. The van der Waals surface area contributed by atoms with Crippen LogP contribution in [-0.4, -0.2) is 41.2 Å². The molecule has 0 atom stereocenters. The molecule has 0 heterocycles. The molecule has 0 aliphatic heterocycles. The summed E-state index contributed by atoms with van der Waals surface area (Å²) in [7, 11) is 4.49. The summed E-state index contributed by atoms with van der Waals surface area (Å²) in [6.45, 7) is 3.77. The molecule has 0 saturated heterocycles. The Morgan fingerprint density at radius 1 is 1.10 bits per heavy atom. The van der Waals surface area contributed by atoms with Crippen LogP contribution in [0.4, 0.5) is 0 Å². The number of ether oxygens (including phenoxy) is 5. The molecule has 21 heavy (non-hydrogen) atoms. The maximum absolute atomic E-state index is 11.4. The number of carbonyl (C=O) groups is 1. The van der Waals surface area contributed by atoms with Crippen LogP contribution in [0.5, 0.6) is 17.2 Å². The van der Waals surface area contributed by atoms with Crippen LogP contribution in [0, 0.1) is 0 Å². The quantitative estimate of drug-likeness (QED) is 0.375. The smallest absolute Gasteiger partial charge is 0.188 e. The highest BCUT2D eigenvalue weighted by molar-refractivity contribution is 5.86. The Labute approximate surface area is 124 Å². The standard InChI is InChI=1S/C15H20O6/c1-5-6-11-13(20-9-17-2)7-14(21-10-18-3)12(8-16)15(11)19-4/h5,7-8H,1,6,9-10H2,2-4H3. The van der Waals surface area contributed by atoms with Gasteiger partial charge in [0.25, 0.3) is 0 Å². The van der Waals surface area contributed by atoms with Crippen molar-refractivity contribution in [3.05, 3.63) is 29.8 Å². The van der Waals surface area contributed by atoms with E-state index < -0.39 is 0 Å². The zero-order valence-corrected chi connectivity index (χ0v) is 12.5. The van der Waals surface area contributed by atoms with Gasteiger partial charge in [0.1, 0.15) is 17.2 Å². The van der Waals surface area contributed by atoms with Crippen LogP contribution in [0.1, 0.15) is 15.9 Å². The summed E-state index contributed by atoms with van der Waals surface area (Å²) in [4.78, 5) is 11.4. The molecule has 0 fully saturated rings. The molecule has 6 heteroatoms. The molecule has 0 amide bonds. The molecule has 1 rings (SSSR count). The van der Waals surface area contributed by atoms with Crippen LogP contribution in [0.25, 0.3) is 0 Å². The highest BCUT2D eigenvalue weighted by Crippen LogP contribution is 2.39. The summed E-state index contributed by atoms with van der Waals surface area (Å²) in [5.74, 6) is 1.22. The molecular weight excluding hydrogens is 276 g/mol. The molecule has 116 valence electrons. The van der Waals surface area contributed by atoms with Crippen LogP contribution in [0.3, 0.4) is 0 Å². The van der Waals surface area contributed by atoms with Crippen molar-refractivity contribution >= 4 is 6.29 Å². The van der Waals surface area contributed by atoms with E-state index in [4.69, 9.17) is 23.7 Å². The maximum Gasteiger partial charge on any atom is 0.188 e. The summed E-state index contributed by atoms with van der Waals surface area (Å²) < 4.78 is 26.0. The Kier molecular flexibility index (Phi) is 7.28. The van der Waals surface area contributed by atoms with Gasteiger partial charge in [-0.05, 0) is 6.42 Å². The number of hydrogen-bond acceptors (Lipinski definition) is 6. The Hall–Kier alpha value is -2.05. The van der Waals surface area contributed by atoms with Gasteiger partial charge in [0.15, 0.2) is 19.9 Å². The molecule has 0 aliphatic carbocycles. The van der Waals surface area contributed by atoms with Crippen molar-refractivity contribution in [2.45, 2.75) is 6.42 Å². The van der Waals surface area contributed by atoms with E-state index in [1.54, 1.807) is 12.1 Å². The topological polar surface area (TPSA) is 63.2 Å². The minimum absolute atomic E-state index is 0.00845. The first-order valence-corrected chi connectivity index (χ1v) is 6.26. The zero-order valence-electron chi connectivity index (χ0n) is 12.5. The molecule has 1 aromatic carbocycles. The molecule has 0 aliphatic rings. The van der Waals surface area contributed by atoms with Gasteiger partial charge < -0.3 is 23.7 Å². The number of benzene rings is 1. The third-order valence-corrected chi connectivity index (χ3v) is 2.68. The van der Waals surface area contributed by atoms with Gasteiger partial charge in [-0.25, -0.2) is 0 Å². The third kappa shape index (κ3) is 4.21. The highest BCUT2D eigenvalue weighted by atomic mass is 16.7. The Balaban J connectivity index is 3.37. The summed E-state index contributed by atoms with van der Waals surface area (Å²) in [5, 5.41) is 0. The van der Waals surface area contributed by atoms with Gasteiger partial charge in [-0.1, -0.05) is 6.08 Å². The normalized spacial score (nSPS) is 10.0. The van der Waals surface area contributed by atoms with Crippen molar-refractivity contribution in [3.63, 3.8) is 0 Å². The second-order valence-electron chi connectivity index (χ2n) is 4.01. The third-order valence-electron chi connectivity index (χ3n) is 2.68. The first-order chi connectivity index (χ1) is 10.2. The Morgan fingerprint density at radius 2 is 1.71 bits per heavy atom. The van der Waals surface area contributed by atoms with Gasteiger partial charge in [0.05, 0.1) is 12.7 Å². The van der Waals surface area contributed by atoms with Crippen LogP contribution in [0.15, 0.2) is 18.7 Å². The van der Waals surface area contributed by atoms with Crippen molar-refractivity contribution < 1.29 is 28.5 Å². The van der Waals surface area contributed by atoms with Crippen molar-refractivity contribution in [1.82, 2.24) is 0 Å². The van der Waals surface area contributed by atoms with Crippen molar-refractivity contribution in [2.75, 3.05) is 34.9 Å². The van der Waals surface area contributed by atoms with Gasteiger partial charge in [-0.2, -0.15) is 0 Å². The summed E-state index contributed by atoms with van der Waals surface area (Å²) in [6.07, 6.45) is 2.85. The minimum Gasteiger partial charge on any atom is -0.495 e. The Bertz CT molecular complexity index is 484. The molecule has 0 aromatic heterocycles. The van der Waals surface area contributed by atoms with Gasteiger partial charge >= 0.3 is 0 Å². The van der Waals surface area contributed by atoms with Crippen LogP contribution in [-0.2, 0) is 15.9 Å². The van der Waals surface area contributed by atoms with Crippen molar-refractivity contribution in [3.8, 4) is 17.2 Å². The van der Waals surface area contributed by atoms with Crippen molar-refractivity contribution in [2.24, 2.45) is 0 Å². The van der Waals surface area contributed by atoms with Gasteiger partial charge in [-0.15, -0.1) is 6.58 Å². The largest absolute Gasteiger partial charge is 0.495 e. The van der Waals surface area contributed by atoms with E-state index in [0.29, 0.717) is 41.1 Å². The van der Waals surface area contributed by atoms with Crippen LogP contribution >= 0.6 is 0 Å². The number of hydrogen-bond donors (Lipinski definition) is 0. The van der Waals surface area contributed by atoms with Crippen molar-refractivity contribution in [1.29, 1.82) is 0 Å². The number of aldehydes is 1. The molecule has 0 radical (unpaired) electrons. The van der Waals surface area contributed by atoms with E-state index in [1.807, 2.05) is 0 Å². The number of rotatable bonds is 10. The van der Waals surface area contributed by atoms with E-state index in [0.717, 1.165) is 0 Å². The lowest BCUT2D eigenvalue weighted by atomic mass is 10.0. The fourth-order valence-electron chi connectivity index (χ4n) is 1.85. The first kappa shape index (κ1) is 17.0. The fourth-order valence-corrected chi connectivity index (χ4v) is 1.85. The molecule has 1 aromatic rings.